The van der Waals surface area contributed by atoms with Crippen molar-refractivity contribution >= 4 is 5.97 Å². The van der Waals surface area contributed by atoms with Gasteiger partial charge in [-0.15, -0.1) is 0 Å². The summed E-state index contributed by atoms with van der Waals surface area (Å²) in [7, 11) is 0. The average molecular weight is 227 g/mol. The molecule has 0 aromatic rings. The number of rotatable bonds is 4. The molecule has 0 aromatic heterocycles. The molecule has 0 bridgehead atoms. The number of hydrogen-bond acceptors (Lipinski definition) is 3. The molecule has 1 aliphatic rings. The topological polar surface area (TPSA) is 29.5 Å². The van der Waals surface area contributed by atoms with Crippen LogP contribution in [0.3, 0.4) is 0 Å². The molecule has 0 amide bonds. The van der Waals surface area contributed by atoms with Crippen molar-refractivity contribution in [3.63, 3.8) is 0 Å². The number of nitrogens with zero attached hydrogens (tertiary/aromatic N) is 1. The van der Waals surface area contributed by atoms with Gasteiger partial charge < -0.3 is 9.64 Å². The molecule has 1 fully saturated rings. The molecule has 1 aliphatic heterocycles. The van der Waals surface area contributed by atoms with Gasteiger partial charge in [0.05, 0.1) is 12.5 Å². The van der Waals surface area contributed by atoms with Crippen LogP contribution in [0.5, 0.6) is 0 Å². The summed E-state index contributed by atoms with van der Waals surface area (Å²) in [6, 6.07) is 0. The molecule has 1 saturated heterocycles. The predicted octanol–water partition coefficient (Wildman–Crippen LogP) is 2.16. The Balaban J connectivity index is 2.34. The Hall–Kier alpha value is -0.570. The van der Waals surface area contributed by atoms with E-state index in [1.54, 1.807) is 0 Å². The lowest BCUT2D eigenvalue weighted by atomic mass is 9.88. The standard InChI is InChI=1S/C13H25NO2/c1-5-16-13(15)12(4)9-14-7-6-10(2)11(3)8-14/h10-12H,5-9H2,1-4H3. The van der Waals surface area contributed by atoms with E-state index in [0.717, 1.165) is 31.5 Å². The molecule has 3 heteroatoms. The van der Waals surface area contributed by atoms with Crippen LogP contribution in [-0.2, 0) is 9.53 Å². The Morgan fingerprint density at radius 1 is 1.44 bits per heavy atom. The molecule has 3 atom stereocenters. The van der Waals surface area contributed by atoms with Crippen LogP contribution in [-0.4, -0.2) is 37.1 Å². The van der Waals surface area contributed by atoms with E-state index in [-0.39, 0.29) is 11.9 Å². The van der Waals surface area contributed by atoms with Crippen LogP contribution in [0.1, 0.15) is 34.1 Å². The van der Waals surface area contributed by atoms with E-state index in [1.807, 2.05) is 13.8 Å². The second-order valence-corrected chi connectivity index (χ2v) is 5.16. The predicted molar refractivity (Wildman–Crippen MR) is 65.2 cm³/mol. The molecule has 0 spiro atoms. The highest BCUT2D eigenvalue weighted by Gasteiger charge is 2.25. The van der Waals surface area contributed by atoms with Gasteiger partial charge in [0.1, 0.15) is 0 Å². The largest absolute Gasteiger partial charge is 0.466 e. The SMILES string of the molecule is CCOC(=O)C(C)CN1CCC(C)C(C)C1. The minimum Gasteiger partial charge on any atom is -0.466 e. The Labute approximate surface area is 99.1 Å². The van der Waals surface area contributed by atoms with Crippen molar-refractivity contribution in [2.24, 2.45) is 17.8 Å². The maximum Gasteiger partial charge on any atom is 0.309 e. The molecule has 0 radical (unpaired) electrons. The van der Waals surface area contributed by atoms with Crippen molar-refractivity contribution in [3.8, 4) is 0 Å². The van der Waals surface area contributed by atoms with Gasteiger partial charge in [0.25, 0.3) is 0 Å². The molecule has 3 nitrogen and oxygen atoms in total. The lowest BCUT2D eigenvalue weighted by molar-refractivity contribution is -0.148. The highest BCUT2D eigenvalue weighted by Crippen LogP contribution is 2.23. The zero-order valence-electron chi connectivity index (χ0n) is 11.0. The van der Waals surface area contributed by atoms with Crippen molar-refractivity contribution in [3.05, 3.63) is 0 Å². The third-order valence-electron chi connectivity index (χ3n) is 3.64. The smallest absolute Gasteiger partial charge is 0.309 e. The second kappa shape index (κ2) is 6.24. The summed E-state index contributed by atoms with van der Waals surface area (Å²) in [4.78, 5) is 13.9. The van der Waals surface area contributed by atoms with Crippen molar-refractivity contribution in [1.82, 2.24) is 4.90 Å². The van der Waals surface area contributed by atoms with Crippen LogP contribution in [0.15, 0.2) is 0 Å². The summed E-state index contributed by atoms with van der Waals surface area (Å²) < 4.78 is 5.03. The first-order chi connectivity index (χ1) is 7.54. The summed E-state index contributed by atoms with van der Waals surface area (Å²) in [6.07, 6.45) is 1.25. The summed E-state index contributed by atoms with van der Waals surface area (Å²) in [6.45, 7) is 12.0. The second-order valence-electron chi connectivity index (χ2n) is 5.16. The Kier molecular flexibility index (Phi) is 5.26. The van der Waals surface area contributed by atoms with E-state index < -0.39 is 0 Å². The number of piperidine rings is 1. The van der Waals surface area contributed by atoms with E-state index in [9.17, 15) is 4.79 Å². The number of hydrogen-bond donors (Lipinski definition) is 0. The molecule has 1 heterocycles. The van der Waals surface area contributed by atoms with Gasteiger partial charge in [-0.2, -0.15) is 0 Å². The molecule has 0 aliphatic carbocycles. The van der Waals surface area contributed by atoms with Crippen molar-refractivity contribution in [2.75, 3.05) is 26.2 Å². The number of likely N-dealkylation sites (tertiary alicyclic amines) is 1. The van der Waals surface area contributed by atoms with Crippen LogP contribution < -0.4 is 0 Å². The van der Waals surface area contributed by atoms with Crippen LogP contribution in [0.25, 0.3) is 0 Å². The maximum atomic E-state index is 11.5. The van der Waals surface area contributed by atoms with Crippen LogP contribution in [0, 0.1) is 17.8 Å². The van der Waals surface area contributed by atoms with E-state index in [1.165, 1.54) is 6.42 Å². The number of ether oxygens (including phenoxy) is 1. The number of esters is 1. The highest BCUT2D eigenvalue weighted by atomic mass is 16.5. The van der Waals surface area contributed by atoms with Crippen molar-refractivity contribution < 1.29 is 9.53 Å². The zero-order chi connectivity index (χ0) is 12.1. The lowest BCUT2D eigenvalue weighted by Crippen LogP contribution is -2.42. The Morgan fingerprint density at radius 2 is 2.12 bits per heavy atom. The van der Waals surface area contributed by atoms with Gasteiger partial charge in [-0.05, 0) is 31.7 Å². The van der Waals surface area contributed by atoms with Gasteiger partial charge >= 0.3 is 5.97 Å². The molecular formula is C13H25NO2. The Morgan fingerprint density at radius 3 is 2.69 bits per heavy atom. The van der Waals surface area contributed by atoms with Crippen molar-refractivity contribution in [1.29, 1.82) is 0 Å². The van der Waals surface area contributed by atoms with Crippen molar-refractivity contribution in [2.45, 2.75) is 34.1 Å². The van der Waals surface area contributed by atoms with Gasteiger partial charge in [-0.1, -0.05) is 20.8 Å². The molecule has 16 heavy (non-hydrogen) atoms. The normalized spacial score (nSPS) is 28.8. The first kappa shape index (κ1) is 13.5. The molecule has 1 rings (SSSR count). The summed E-state index contributed by atoms with van der Waals surface area (Å²) in [5.41, 5.74) is 0. The van der Waals surface area contributed by atoms with E-state index in [4.69, 9.17) is 4.74 Å². The van der Waals surface area contributed by atoms with E-state index in [2.05, 4.69) is 18.7 Å². The van der Waals surface area contributed by atoms with Gasteiger partial charge in [0.15, 0.2) is 0 Å². The molecule has 3 unspecified atom stereocenters. The van der Waals surface area contributed by atoms with Crippen LogP contribution in [0.2, 0.25) is 0 Å². The first-order valence-corrected chi connectivity index (χ1v) is 6.43. The molecule has 0 saturated carbocycles. The average Bonchev–Trinajstić information content (AvgIpc) is 2.24. The fraction of sp³-hybridized carbons (Fsp3) is 0.923. The lowest BCUT2D eigenvalue weighted by Gasteiger charge is -2.36. The minimum absolute atomic E-state index is 0.000515. The van der Waals surface area contributed by atoms with E-state index in [0.29, 0.717) is 6.61 Å². The quantitative estimate of drug-likeness (QED) is 0.689. The third-order valence-corrected chi connectivity index (χ3v) is 3.64. The van der Waals surface area contributed by atoms with Crippen LogP contribution in [0.4, 0.5) is 0 Å². The zero-order valence-corrected chi connectivity index (χ0v) is 11.0. The van der Waals surface area contributed by atoms with Gasteiger partial charge in [-0.25, -0.2) is 0 Å². The van der Waals surface area contributed by atoms with Gasteiger partial charge in [0.2, 0.25) is 0 Å². The molecule has 94 valence electrons. The van der Waals surface area contributed by atoms with Crippen LogP contribution >= 0.6 is 0 Å². The van der Waals surface area contributed by atoms with Gasteiger partial charge in [-0.3, -0.25) is 4.79 Å². The molecule has 0 N–H and O–H groups in total. The van der Waals surface area contributed by atoms with E-state index >= 15 is 0 Å². The monoisotopic (exact) mass is 227 g/mol. The Bertz CT molecular complexity index is 230. The molecule has 0 aromatic carbocycles. The fourth-order valence-corrected chi connectivity index (χ4v) is 2.26. The molecular weight excluding hydrogens is 202 g/mol. The van der Waals surface area contributed by atoms with Gasteiger partial charge in [0, 0.05) is 13.1 Å². The number of carbonyl (C=O) groups is 1. The fourth-order valence-electron chi connectivity index (χ4n) is 2.26. The number of carbonyl (C=O) groups excluding carboxylic acids is 1. The summed E-state index contributed by atoms with van der Waals surface area (Å²) >= 11 is 0. The first-order valence-electron chi connectivity index (χ1n) is 6.43. The summed E-state index contributed by atoms with van der Waals surface area (Å²) in [5.74, 6) is 1.49. The summed E-state index contributed by atoms with van der Waals surface area (Å²) in [5, 5.41) is 0. The highest BCUT2D eigenvalue weighted by molar-refractivity contribution is 5.72. The third kappa shape index (κ3) is 3.78. The maximum absolute atomic E-state index is 11.5. The minimum atomic E-state index is -0.0613.